The first-order valence-corrected chi connectivity index (χ1v) is 10.8. The molecule has 0 saturated heterocycles. The molecule has 3 aromatic rings. The van der Waals surface area contributed by atoms with Crippen molar-refractivity contribution in [2.75, 3.05) is 0 Å². The van der Waals surface area contributed by atoms with Crippen molar-refractivity contribution in [3.05, 3.63) is 65.2 Å². The minimum Gasteiger partial charge on any atom is -0.344 e. The second kappa shape index (κ2) is 9.76. The van der Waals surface area contributed by atoms with Crippen molar-refractivity contribution in [2.45, 2.75) is 45.2 Å². The fraction of sp³-hybridized carbons (Fsp3) is 0.348. The lowest BCUT2D eigenvalue weighted by molar-refractivity contribution is -0.123. The highest BCUT2D eigenvalue weighted by atomic mass is 32.1. The Labute approximate surface area is 175 Å². The second-order valence-electron chi connectivity index (χ2n) is 7.67. The molecule has 152 valence electrons. The van der Waals surface area contributed by atoms with Gasteiger partial charge in [0, 0.05) is 0 Å². The van der Waals surface area contributed by atoms with E-state index < -0.39 is 12.1 Å². The molecule has 2 aromatic carbocycles. The SMILES string of the molecule is CC(C)CC(N)C(=O)NC(CCc1ccccc1)C(=O)c1nc2ccccc2s1. The molecule has 5 nitrogen and oxygen atoms in total. The van der Waals surface area contributed by atoms with Crippen LogP contribution in [0.1, 0.15) is 42.1 Å². The van der Waals surface area contributed by atoms with Crippen LogP contribution in [-0.2, 0) is 11.2 Å². The molecule has 2 atom stereocenters. The first kappa shape index (κ1) is 21.1. The number of thiazole rings is 1. The first-order valence-electron chi connectivity index (χ1n) is 9.93. The maximum absolute atomic E-state index is 13.2. The maximum Gasteiger partial charge on any atom is 0.237 e. The number of aromatic nitrogens is 1. The minimum atomic E-state index is -0.651. The number of nitrogens with one attached hydrogen (secondary N) is 1. The van der Waals surface area contributed by atoms with Crippen molar-refractivity contribution in [3.8, 4) is 0 Å². The number of ketones is 1. The summed E-state index contributed by atoms with van der Waals surface area (Å²) in [6.45, 7) is 4.04. The smallest absolute Gasteiger partial charge is 0.237 e. The van der Waals surface area contributed by atoms with Gasteiger partial charge >= 0.3 is 0 Å². The molecule has 1 aromatic heterocycles. The van der Waals surface area contributed by atoms with Crippen LogP contribution in [0.5, 0.6) is 0 Å². The highest BCUT2D eigenvalue weighted by Gasteiger charge is 2.27. The fourth-order valence-corrected chi connectivity index (χ4v) is 4.20. The topological polar surface area (TPSA) is 85.1 Å². The lowest BCUT2D eigenvalue weighted by atomic mass is 10.00. The van der Waals surface area contributed by atoms with E-state index in [0.29, 0.717) is 30.2 Å². The monoisotopic (exact) mass is 409 g/mol. The number of carbonyl (C=O) groups excluding carboxylic acids is 2. The lowest BCUT2D eigenvalue weighted by Gasteiger charge is -2.20. The van der Waals surface area contributed by atoms with Crippen LogP contribution in [0.15, 0.2) is 54.6 Å². The number of benzene rings is 2. The largest absolute Gasteiger partial charge is 0.344 e. The van der Waals surface area contributed by atoms with E-state index in [9.17, 15) is 9.59 Å². The van der Waals surface area contributed by atoms with E-state index in [0.717, 1.165) is 15.8 Å². The van der Waals surface area contributed by atoms with Crippen molar-refractivity contribution in [1.82, 2.24) is 10.3 Å². The van der Waals surface area contributed by atoms with Gasteiger partial charge in [0.2, 0.25) is 11.7 Å². The average molecular weight is 410 g/mol. The first-order chi connectivity index (χ1) is 13.9. The van der Waals surface area contributed by atoms with Crippen molar-refractivity contribution in [1.29, 1.82) is 0 Å². The average Bonchev–Trinajstić information content (AvgIpc) is 3.15. The molecule has 0 radical (unpaired) electrons. The van der Waals surface area contributed by atoms with Crippen LogP contribution < -0.4 is 11.1 Å². The summed E-state index contributed by atoms with van der Waals surface area (Å²) >= 11 is 1.36. The molecule has 1 amide bonds. The van der Waals surface area contributed by atoms with Gasteiger partial charge in [-0.25, -0.2) is 4.98 Å². The zero-order valence-electron chi connectivity index (χ0n) is 16.8. The van der Waals surface area contributed by atoms with Crippen LogP contribution in [0.4, 0.5) is 0 Å². The normalized spacial score (nSPS) is 13.4. The summed E-state index contributed by atoms with van der Waals surface area (Å²) in [5.41, 5.74) is 7.95. The van der Waals surface area contributed by atoms with Gasteiger partial charge < -0.3 is 11.1 Å². The van der Waals surface area contributed by atoms with Crippen molar-refractivity contribution < 1.29 is 9.59 Å². The number of hydrogen-bond donors (Lipinski definition) is 2. The van der Waals surface area contributed by atoms with Crippen molar-refractivity contribution in [3.63, 3.8) is 0 Å². The number of aryl methyl sites for hydroxylation is 1. The second-order valence-corrected chi connectivity index (χ2v) is 8.70. The molecule has 0 bridgehead atoms. The molecule has 0 fully saturated rings. The summed E-state index contributed by atoms with van der Waals surface area (Å²) in [4.78, 5) is 30.3. The van der Waals surface area contributed by atoms with E-state index >= 15 is 0 Å². The Morgan fingerprint density at radius 3 is 2.45 bits per heavy atom. The van der Waals surface area contributed by atoms with Crippen LogP contribution in [0.25, 0.3) is 10.2 Å². The summed E-state index contributed by atoms with van der Waals surface area (Å²) in [6, 6.07) is 16.3. The molecule has 0 saturated carbocycles. The Bertz CT molecular complexity index is 935. The summed E-state index contributed by atoms with van der Waals surface area (Å²) < 4.78 is 0.959. The van der Waals surface area contributed by atoms with E-state index in [-0.39, 0.29) is 11.7 Å². The van der Waals surface area contributed by atoms with Gasteiger partial charge in [-0.1, -0.05) is 56.3 Å². The van der Waals surface area contributed by atoms with E-state index in [1.54, 1.807) is 0 Å². The number of Topliss-reactive ketones (excluding diaryl/α,β-unsaturated/α-hetero) is 1. The number of carbonyl (C=O) groups is 2. The molecule has 2 unspecified atom stereocenters. The molecule has 0 aliphatic rings. The van der Waals surface area contributed by atoms with Gasteiger partial charge in [-0.2, -0.15) is 0 Å². The van der Waals surface area contributed by atoms with Gasteiger partial charge in [0.15, 0.2) is 5.01 Å². The van der Waals surface area contributed by atoms with Gasteiger partial charge in [0.25, 0.3) is 0 Å². The molecular weight excluding hydrogens is 382 g/mol. The number of amides is 1. The van der Waals surface area contributed by atoms with Crippen molar-refractivity contribution >= 4 is 33.2 Å². The van der Waals surface area contributed by atoms with E-state index in [1.807, 2.05) is 68.4 Å². The van der Waals surface area contributed by atoms with E-state index in [4.69, 9.17) is 5.73 Å². The Kier molecular flexibility index (Phi) is 7.12. The number of nitrogens with two attached hydrogens (primary N) is 1. The summed E-state index contributed by atoms with van der Waals surface area (Å²) in [7, 11) is 0. The Morgan fingerprint density at radius 2 is 1.76 bits per heavy atom. The van der Waals surface area contributed by atoms with Gasteiger partial charge in [-0.05, 0) is 42.9 Å². The molecule has 0 aliphatic carbocycles. The minimum absolute atomic E-state index is 0.160. The zero-order chi connectivity index (χ0) is 20.8. The highest BCUT2D eigenvalue weighted by Crippen LogP contribution is 2.23. The third kappa shape index (κ3) is 5.71. The van der Waals surface area contributed by atoms with Gasteiger partial charge in [-0.3, -0.25) is 9.59 Å². The number of hydrogen-bond acceptors (Lipinski definition) is 5. The fourth-order valence-electron chi connectivity index (χ4n) is 3.24. The number of fused-ring (bicyclic) bond motifs is 1. The maximum atomic E-state index is 13.2. The molecular formula is C23H27N3O2S. The van der Waals surface area contributed by atoms with Crippen molar-refractivity contribution in [2.24, 2.45) is 11.7 Å². The molecule has 3 rings (SSSR count). The summed E-state index contributed by atoms with van der Waals surface area (Å²) in [5, 5.41) is 3.31. The van der Waals surface area contributed by atoms with Crippen LogP contribution in [-0.4, -0.2) is 28.8 Å². The summed E-state index contributed by atoms with van der Waals surface area (Å²) in [5.74, 6) is -0.142. The predicted molar refractivity (Wildman–Crippen MR) is 118 cm³/mol. The Hall–Kier alpha value is -2.57. The number of para-hydroxylation sites is 1. The van der Waals surface area contributed by atoms with Crippen LogP contribution in [0, 0.1) is 5.92 Å². The lowest BCUT2D eigenvalue weighted by Crippen LogP contribution is -2.49. The molecule has 0 aliphatic heterocycles. The van der Waals surface area contributed by atoms with E-state index in [2.05, 4.69) is 10.3 Å². The zero-order valence-corrected chi connectivity index (χ0v) is 17.6. The van der Waals surface area contributed by atoms with Gasteiger partial charge in [-0.15, -0.1) is 11.3 Å². The van der Waals surface area contributed by atoms with Gasteiger partial charge in [0.1, 0.15) is 0 Å². The molecule has 1 heterocycles. The van der Waals surface area contributed by atoms with E-state index in [1.165, 1.54) is 11.3 Å². The van der Waals surface area contributed by atoms with Crippen LogP contribution >= 0.6 is 11.3 Å². The molecule has 29 heavy (non-hydrogen) atoms. The molecule has 0 spiro atoms. The quantitative estimate of drug-likeness (QED) is 0.524. The van der Waals surface area contributed by atoms with Crippen LogP contribution in [0.2, 0.25) is 0 Å². The third-order valence-corrected chi connectivity index (χ3v) is 5.82. The number of nitrogens with zero attached hydrogens (tertiary/aromatic N) is 1. The highest BCUT2D eigenvalue weighted by molar-refractivity contribution is 7.20. The Balaban J connectivity index is 1.78. The Morgan fingerprint density at radius 1 is 1.07 bits per heavy atom. The summed E-state index contributed by atoms with van der Waals surface area (Å²) in [6.07, 6.45) is 1.76. The predicted octanol–water partition coefficient (Wildman–Crippen LogP) is 3.97. The molecule has 6 heteroatoms. The molecule has 3 N–H and O–H groups in total. The van der Waals surface area contributed by atoms with Crippen LogP contribution in [0.3, 0.4) is 0 Å². The number of rotatable bonds is 9. The van der Waals surface area contributed by atoms with Gasteiger partial charge in [0.05, 0.1) is 22.3 Å². The standard InChI is InChI=1S/C23H27N3O2S/c1-15(2)14-17(24)22(28)25-19(13-12-16-8-4-3-5-9-16)21(27)23-26-18-10-6-7-11-20(18)29-23/h3-11,15,17,19H,12-14,24H2,1-2H3,(H,25,28). The third-order valence-electron chi connectivity index (χ3n) is 4.76.